The Morgan fingerprint density at radius 2 is 1.76 bits per heavy atom. The maximum Gasteiger partial charge on any atom is 0.142 e. The van der Waals surface area contributed by atoms with E-state index in [4.69, 9.17) is 0 Å². The predicted octanol–water partition coefficient (Wildman–Crippen LogP) is 3.88. The number of fused-ring (bicyclic) bond motifs is 5. The van der Waals surface area contributed by atoms with Crippen LogP contribution in [0, 0.1) is 34.5 Å². The highest BCUT2D eigenvalue weighted by molar-refractivity contribution is 5.64. The fourth-order valence-corrected chi connectivity index (χ4v) is 7.73. The molecule has 4 aliphatic carbocycles. The lowest BCUT2D eigenvalue weighted by molar-refractivity contribution is -0.207. The van der Waals surface area contributed by atoms with Crippen molar-refractivity contribution < 1.29 is 15.0 Å². The molecule has 8 atom stereocenters. The number of hydrogen-bond donors (Lipinski definition) is 2. The van der Waals surface area contributed by atoms with Crippen LogP contribution in [0.15, 0.2) is 12.2 Å². The Bertz CT molecular complexity index is 572. The van der Waals surface area contributed by atoms with E-state index < -0.39 is 5.60 Å². The van der Waals surface area contributed by atoms with Gasteiger partial charge in [-0.25, -0.2) is 0 Å². The molecule has 0 amide bonds. The second-order valence-corrected chi connectivity index (χ2v) is 9.97. The van der Waals surface area contributed by atoms with Gasteiger partial charge in [0.2, 0.25) is 0 Å². The molecule has 0 aromatic carbocycles. The summed E-state index contributed by atoms with van der Waals surface area (Å²) in [5.41, 5.74) is -0.390. The molecule has 4 saturated carbocycles. The van der Waals surface area contributed by atoms with Gasteiger partial charge < -0.3 is 10.2 Å². The molecule has 4 fully saturated rings. The second-order valence-electron chi connectivity index (χ2n) is 9.97. The van der Waals surface area contributed by atoms with Gasteiger partial charge in [0, 0.05) is 5.41 Å². The van der Waals surface area contributed by atoms with Gasteiger partial charge in [0.05, 0.1) is 11.7 Å². The first-order valence-corrected chi connectivity index (χ1v) is 10.4. The molecule has 4 aliphatic rings. The Hall–Kier alpha value is -0.670. The Balaban J connectivity index is 1.65. The molecule has 140 valence electrons. The zero-order valence-corrected chi connectivity index (χ0v) is 15.8. The van der Waals surface area contributed by atoms with Gasteiger partial charge in [-0.3, -0.25) is 4.79 Å². The molecule has 0 bridgehead atoms. The average Bonchev–Trinajstić information content (AvgIpc) is 2.85. The molecular weight excluding hydrogens is 312 g/mol. The molecule has 3 nitrogen and oxygen atoms in total. The molecule has 25 heavy (non-hydrogen) atoms. The Labute approximate surface area is 151 Å². The molecule has 0 aromatic heterocycles. The van der Waals surface area contributed by atoms with E-state index in [0.717, 1.165) is 57.7 Å². The van der Waals surface area contributed by atoms with Crippen molar-refractivity contribution in [3.8, 4) is 0 Å². The van der Waals surface area contributed by atoms with Crippen molar-refractivity contribution in [2.75, 3.05) is 0 Å². The maximum atomic E-state index is 11.9. The number of aliphatic hydroxyl groups is 2. The van der Waals surface area contributed by atoms with E-state index in [1.54, 1.807) is 6.08 Å². The highest BCUT2D eigenvalue weighted by Gasteiger charge is 2.66. The van der Waals surface area contributed by atoms with E-state index in [9.17, 15) is 15.0 Å². The second kappa shape index (κ2) is 5.92. The molecule has 0 heterocycles. The number of carbonyl (C=O) groups excluding carboxylic acids is 1. The van der Waals surface area contributed by atoms with Gasteiger partial charge in [-0.05, 0) is 93.0 Å². The summed E-state index contributed by atoms with van der Waals surface area (Å²) < 4.78 is 0. The van der Waals surface area contributed by atoms with Crippen LogP contribution in [0.2, 0.25) is 0 Å². The summed E-state index contributed by atoms with van der Waals surface area (Å²) in [7, 11) is 0. The van der Waals surface area contributed by atoms with Gasteiger partial charge in [0.25, 0.3) is 0 Å². The molecule has 0 spiro atoms. The first-order valence-electron chi connectivity index (χ1n) is 10.4. The molecular formula is C22H34O3. The molecule has 0 aliphatic heterocycles. The van der Waals surface area contributed by atoms with Crippen molar-refractivity contribution in [3.63, 3.8) is 0 Å². The predicted molar refractivity (Wildman–Crippen MR) is 97.9 cm³/mol. The van der Waals surface area contributed by atoms with Gasteiger partial charge in [-0.2, -0.15) is 0 Å². The van der Waals surface area contributed by atoms with Crippen molar-refractivity contribution in [1.82, 2.24) is 0 Å². The normalized spacial score (nSPS) is 55.4. The van der Waals surface area contributed by atoms with E-state index in [-0.39, 0.29) is 16.9 Å². The van der Waals surface area contributed by atoms with Gasteiger partial charge in [0.15, 0.2) is 0 Å². The maximum absolute atomic E-state index is 11.9. The smallest absolute Gasteiger partial charge is 0.142 e. The average molecular weight is 347 g/mol. The SMILES string of the molecule is C[C@]12CC[C@H](O)C[C@H]1CC[C@@H]1[C@@H]2CC[C@]2(C)[C@@H](/C=C/C=O)CC[C@]12O. The number of carbonyl (C=O) groups is 1. The number of rotatable bonds is 2. The number of hydrogen-bond acceptors (Lipinski definition) is 3. The summed E-state index contributed by atoms with van der Waals surface area (Å²) >= 11 is 0. The molecule has 0 aromatic rings. The number of aldehydes is 1. The van der Waals surface area contributed by atoms with Gasteiger partial charge in [-0.15, -0.1) is 0 Å². The topological polar surface area (TPSA) is 57.5 Å². The van der Waals surface area contributed by atoms with Gasteiger partial charge in [0.1, 0.15) is 6.29 Å². The molecule has 2 N–H and O–H groups in total. The first-order chi connectivity index (χ1) is 11.8. The third-order valence-corrected chi connectivity index (χ3v) is 9.32. The molecule has 0 radical (unpaired) electrons. The van der Waals surface area contributed by atoms with Crippen LogP contribution in [-0.2, 0) is 4.79 Å². The van der Waals surface area contributed by atoms with E-state index in [0.29, 0.717) is 23.7 Å². The lowest BCUT2D eigenvalue weighted by atomic mass is 9.43. The first kappa shape index (κ1) is 17.7. The summed E-state index contributed by atoms with van der Waals surface area (Å²) in [6.07, 6.45) is 13.8. The van der Waals surface area contributed by atoms with Crippen LogP contribution in [0.3, 0.4) is 0 Å². The Morgan fingerprint density at radius 1 is 0.960 bits per heavy atom. The van der Waals surface area contributed by atoms with Crippen molar-refractivity contribution in [2.45, 2.75) is 83.3 Å². The zero-order valence-electron chi connectivity index (χ0n) is 15.8. The van der Waals surface area contributed by atoms with E-state index in [2.05, 4.69) is 19.9 Å². The van der Waals surface area contributed by atoms with Crippen LogP contribution >= 0.6 is 0 Å². The Morgan fingerprint density at radius 3 is 2.52 bits per heavy atom. The van der Waals surface area contributed by atoms with E-state index in [1.807, 2.05) is 0 Å². The fourth-order valence-electron chi connectivity index (χ4n) is 7.73. The largest absolute Gasteiger partial charge is 0.393 e. The summed E-state index contributed by atoms with van der Waals surface area (Å²) in [6, 6.07) is 0. The van der Waals surface area contributed by atoms with Crippen molar-refractivity contribution in [2.24, 2.45) is 34.5 Å². The van der Waals surface area contributed by atoms with Gasteiger partial charge in [-0.1, -0.05) is 19.9 Å². The van der Waals surface area contributed by atoms with E-state index >= 15 is 0 Å². The van der Waals surface area contributed by atoms with Crippen LogP contribution in [0.5, 0.6) is 0 Å². The van der Waals surface area contributed by atoms with Crippen LogP contribution in [0.1, 0.15) is 71.6 Å². The summed E-state index contributed by atoms with van der Waals surface area (Å²) in [5, 5.41) is 22.1. The zero-order chi connectivity index (χ0) is 17.9. The summed E-state index contributed by atoms with van der Waals surface area (Å²) in [4.78, 5) is 10.8. The molecule has 0 saturated heterocycles. The minimum atomic E-state index is -0.585. The number of aliphatic hydroxyl groups excluding tert-OH is 1. The van der Waals surface area contributed by atoms with Crippen LogP contribution in [-0.4, -0.2) is 28.2 Å². The van der Waals surface area contributed by atoms with Crippen molar-refractivity contribution >= 4 is 6.29 Å². The monoisotopic (exact) mass is 346 g/mol. The molecule has 3 heteroatoms. The quantitative estimate of drug-likeness (QED) is 0.589. The standard InChI is InChI=1S/C22H34O3/c1-20-10-8-17(24)14-16(20)5-6-19-18(20)9-11-21(2)15(4-3-13-23)7-12-22(19,21)25/h3-4,13,15-19,24-25H,5-12,14H2,1-2H3/b4-3+/t15-,16+,17-,18-,19+,20-,21+,22-/m0/s1. The third kappa shape index (κ3) is 2.34. The van der Waals surface area contributed by atoms with Crippen LogP contribution < -0.4 is 0 Å². The van der Waals surface area contributed by atoms with Gasteiger partial charge >= 0.3 is 0 Å². The molecule has 4 rings (SSSR count). The minimum Gasteiger partial charge on any atom is -0.393 e. The van der Waals surface area contributed by atoms with Crippen molar-refractivity contribution in [3.05, 3.63) is 12.2 Å². The third-order valence-electron chi connectivity index (χ3n) is 9.32. The van der Waals surface area contributed by atoms with Crippen LogP contribution in [0.25, 0.3) is 0 Å². The van der Waals surface area contributed by atoms with Crippen molar-refractivity contribution in [1.29, 1.82) is 0 Å². The highest BCUT2D eigenvalue weighted by Crippen LogP contribution is 2.69. The summed E-state index contributed by atoms with van der Waals surface area (Å²) in [6.45, 7) is 4.72. The highest BCUT2D eigenvalue weighted by atomic mass is 16.3. The fraction of sp³-hybridized carbons (Fsp3) is 0.864. The van der Waals surface area contributed by atoms with Crippen LogP contribution in [0.4, 0.5) is 0 Å². The lowest BCUT2D eigenvalue weighted by Gasteiger charge is -2.63. The Kier molecular flexibility index (Phi) is 4.20. The number of allylic oxidation sites excluding steroid dienone is 2. The van der Waals surface area contributed by atoms with E-state index in [1.165, 1.54) is 6.42 Å². The summed E-state index contributed by atoms with van der Waals surface area (Å²) in [5.74, 6) is 1.92. The molecule has 0 unspecified atom stereocenters. The minimum absolute atomic E-state index is 0.0922. The lowest BCUT2D eigenvalue weighted by Crippen LogP contribution is -2.62.